The molecule has 3 aromatic carbocycles. The number of nitrogens with one attached hydrogen (secondary N) is 2. The zero-order chi connectivity index (χ0) is 33.1. The van der Waals surface area contributed by atoms with Crippen molar-refractivity contribution < 1.29 is 43.8 Å². The molecule has 2 amide bonds. The predicted octanol–water partition coefficient (Wildman–Crippen LogP) is 3.97. The Morgan fingerprint density at radius 2 is 1.15 bits per heavy atom. The Labute approximate surface area is 270 Å². The summed E-state index contributed by atoms with van der Waals surface area (Å²) in [5.74, 6) is 0.971. The number of rotatable bonds is 19. The number of carbonyl (C=O) groups is 3. The molecule has 3 aromatic rings. The summed E-state index contributed by atoms with van der Waals surface area (Å²) in [6, 6.07) is 20.2. The fraction of sp³-hybridized carbons (Fsp3) is 0.400. The van der Waals surface area contributed by atoms with Crippen LogP contribution in [-0.4, -0.2) is 57.9 Å². The second-order valence-corrected chi connectivity index (χ2v) is 10.8. The summed E-state index contributed by atoms with van der Waals surface area (Å²) in [5.41, 5.74) is 6.50. The number of urea groups is 1. The summed E-state index contributed by atoms with van der Waals surface area (Å²) in [6.07, 6.45) is 3.05. The fourth-order valence-corrected chi connectivity index (χ4v) is 4.67. The van der Waals surface area contributed by atoms with Crippen LogP contribution in [0.25, 0.3) is 0 Å². The number of hydrogen-bond donors (Lipinski definition) is 3. The second-order valence-electron chi connectivity index (χ2n) is 10.8. The van der Waals surface area contributed by atoms with Crippen molar-refractivity contribution in [3.05, 3.63) is 89.5 Å². The SMILES string of the molecule is COc1ccc(COC(=O)CCC(NC(=O)NC(CCCC[NH3+])Cc2ccc(OC)cc2)C(=O)OCc2ccc(OC)cc2)cc1. The summed E-state index contributed by atoms with van der Waals surface area (Å²) in [5, 5.41) is 5.76. The highest BCUT2D eigenvalue weighted by molar-refractivity contribution is 5.84. The van der Waals surface area contributed by atoms with Crippen LogP contribution in [0.4, 0.5) is 4.79 Å². The van der Waals surface area contributed by atoms with Gasteiger partial charge in [-0.25, -0.2) is 9.59 Å². The van der Waals surface area contributed by atoms with Gasteiger partial charge in [-0.05, 0) is 85.2 Å². The van der Waals surface area contributed by atoms with Crippen molar-refractivity contribution in [3.63, 3.8) is 0 Å². The van der Waals surface area contributed by atoms with Gasteiger partial charge in [0.05, 0.1) is 27.9 Å². The van der Waals surface area contributed by atoms with E-state index in [1.54, 1.807) is 69.9 Å². The van der Waals surface area contributed by atoms with Crippen LogP contribution in [0.2, 0.25) is 0 Å². The van der Waals surface area contributed by atoms with Gasteiger partial charge >= 0.3 is 18.0 Å². The molecule has 46 heavy (non-hydrogen) atoms. The van der Waals surface area contributed by atoms with Gasteiger partial charge in [-0.3, -0.25) is 4.79 Å². The van der Waals surface area contributed by atoms with Crippen molar-refractivity contribution in [3.8, 4) is 17.2 Å². The third-order valence-corrected chi connectivity index (χ3v) is 7.35. The van der Waals surface area contributed by atoms with Gasteiger partial charge in [-0.1, -0.05) is 36.4 Å². The van der Waals surface area contributed by atoms with Crippen LogP contribution >= 0.6 is 0 Å². The topological polar surface area (TPSA) is 149 Å². The molecular weight excluding hydrogens is 590 g/mol. The highest BCUT2D eigenvalue weighted by Crippen LogP contribution is 2.16. The zero-order valence-corrected chi connectivity index (χ0v) is 26.9. The van der Waals surface area contributed by atoms with E-state index in [0.717, 1.165) is 48.2 Å². The summed E-state index contributed by atoms with van der Waals surface area (Å²) >= 11 is 0. The Hall–Kier alpha value is -4.77. The minimum Gasteiger partial charge on any atom is -0.497 e. The van der Waals surface area contributed by atoms with Gasteiger partial charge in [0.1, 0.15) is 36.5 Å². The molecule has 2 atom stereocenters. The lowest BCUT2D eigenvalue weighted by molar-refractivity contribution is -0.368. The molecule has 0 aromatic heterocycles. The van der Waals surface area contributed by atoms with E-state index in [1.807, 2.05) is 24.3 Å². The number of benzene rings is 3. The first kappa shape index (κ1) is 35.7. The Morgan fingerprint density at radius 3 is 1.65 bits per heavy atom. The first-order valence-electron chi connectivity index (χ1n) is 15.4. The lowest BCUT2D eigenvalue weighted by Gasteiger charge is -2.22. The summed E-state index contributed by atoms with van der Waals surface area (Å²) in [4.78, 5) is 39.1. The second kappa shape index (κ2) is 19.6. The Kier molecular flexibility index (Phi) is 15.2. The maximum atomic E-state index is 13.2. The molecule has 0 radical (unpaired) electrons. The van der Waals surface area contributed by atoms with Gasteiger partial charge in [0, 0.05) is 12.5 Å². The molecule has 0 aliphatic heterocycles. The minimum absolute atomic E-state index is 0.000955. The molecule has 0 saturated heterocycles. The van der Waals surface area contributed by atoms with Crippen LogP contribution < -0.4 is 30.6 Å². The van der Waals surface area contributed by atoms with Crippen LogP contribution in [-0.2, 0) is 38.7 Å². The Bertz CT molecular complexity index is 1350. The largest absolute Gasteiger partial charge is 0.497 e. The average Bonchev–Trinajstić information content (AvgIpc) is 3.08. The molecule has 11 heteroatoms. The number of carbonyl (C=O) groups excluding carboxylic acids is 3. The van der Waals surface area contributed by atoms with Gasteiger partial charge in [-0.15, -0.1) is 0 Å². The van der Waals surface area contributed by atoms with E-state index in [9.17, 15) is 14.4 Å². The molecule has 0 heterocycles. The number of methoxy groups -OCH3 is 3. The summed E-state index contributed by atoms with van der Waals surface area (Å²) in [6.45, 7) is 0.872. The van der Waals surface area contributed by atoms with Crippen LogP contribution in [0.15, 0.2) is 72.8 Å². The summed E-state index contributed by atoms with van der Waals surface area (Å²) < 4.78 is 26.5. The normalized spacial score (nSPS) is 11.9. The Balaban J connectivity index is 1.63. The number of hydrogen-bond acceptors (Lipinski definition) is 8. The van der Waals surface area contributed by atoms with E-state index < -0.39 is 24.0 Å². The van der Waals surface area contributed by atoms with Gasteiger partial charge in [0.25, 0.3) is 0 Å². The maximum Gasteiger partial charge on any atom is 0.329 e. The highest BCUT2D eigenvalue weighted by Gasteiger charge is 2.25. The van der Waals surface area contributed by atoms with E-state index in [1.165, 1.54) is 0 Å². The van der Waals surface area contributed by atoms with Crippen LogP contribution in [0.3, 0.4) is 0 Å². The zero-order valence-electron chi connectivity index (χ0n) is 26.9. The molecule has 5 N–H and O–H groups in total. The maximum absolute atomic E-state index is 13.2. The van der Waals surface area contributed by atoms with E-state index in [4.69, 9.17) is 23.7 Å². The van der Waals surface area contributed by atoms with Crippen molar-refractivity contribution in [1.29, 1.82) is 0 Å². The van der Waals surface area contributed by atoms with Crippen molar-refractivity contribution >= 4 is 18.0 Å². The van der Waals surface area contributed by atoms with E-state index in [-0.39, 0.29) is 32.1 Å². The van der Waals surface area contributed by atoms with E-state index in [0.29, 0.717) is 17.9 Å². The lowest BCUT2D eigenvalue weighted by atomic mass is 10.0. The van der Waals surface area contributed by atoms with Crippen molar-refractivity contribution in [2.45, 2.75) is 63.8 Å². The first-order valence-corrected chi connectivity index (χ1v) is 15.4. The molecule has 0 saturated carbocycles. The van der Waals surface area contributed by atoms with Gasteiger partial charge in [-0.2, -0.15) is 0 Å². The van der Waals surface area contributed by atoms with Gasteiger partial charge < -0.3 is 40.1 Å². The highest BCUT2D eigenvalue weighted by atomic mass is 16.5. The number of amides is 2. The molecule has 0 fully saturated rings. The van der Waals surface area contributed by atoms with Crippen molar-refractivity contribution in [2.24, 2.45) is 0 Å². The number of unbranched alkanes of at least 4 members (excludes halogenated alkanes) is 1. The van der Waals surface area contributed by atoms with Crippen molar-refractivity contribution in [1.82, 2.24) is 10.6 Å². The quantitative estimate of drug-likeness (QED) is 0.132. The van der Waals surface area contributed by atoms with Gasteiger partial charge in [0.2, 0.25) is 0 Å². The molecular formula is C35H46N3O8+. The van der Waals surface area contributed by atoms with Crippen LogP contribution in [0.5, 0.6) is 17.2 Å². The number of ether oxygens (including phenoxy) is 5. The monoisotopic (exact) mass is 636 g/mol. The van der Waals surface area contributed by atoms with Crippen LogP contribution in [0.1, 0.15) is 48.8 Å². The Morgan fingerprint density at radius 1 is 0.652 bits per heavy atom. The standard InChI is InChI=1S/C35H45N3O8/c1-42-29-13-7-25(8-14-29)22-28(6-4-5-21-36)37-35(41)38-32(34(40)46-24-27-11-17-31(44-3)18-12-27)19-20-33(39)45-23-26-9-15-30(43-2)16-10-26/h7-18,28,32H,4-6,19-24,36H2,1-3H3,(H2,37,38,41)/p+1. The molecule has 3 rings (SSSR count). The molecule has 0 aliphatic rings. The summed E-state index contributed by atoms with van der Waals surface area (Å²) in [7, 11) is 4.76. The number of quaternary nitrogens is 1. The van der Waals surface area contributed by atoms with Gasteiger partial charge in [0.15, 0.2) is 0 Å². The predicted molar refractivity (Wildman–Crippen MR) is 172 cm³/mol. The van der Waals surface area contributed by atoms with Crippen LogP contribution in [0, 0.1) is 0 Å². The molecule has 0 bridgehead atoms. The molecule has 0 spiro atoms. The van der Waals surface area contributed by atoms with Crippen molar-refractivity contribution in [2.75, 3.05) is 27.9 Å². The molecule has 0 aliphatic carbocycles. The average molecular weight is 637 g/mol. The molecule has 11 nitrogen and oxygen atoms in total. The third kappa shape index (κ3) is 12.7. The fourth-order valence-electron chi connectivity index (χ4n) is 4.67. The first-order chi connectivity index (χ1) is 22.3. The van der Waals surface area contributed by atoms with E-state index in [2.05, 4.69) is 16.4 Å². The minimum atomic E-state index is -1.08. The smallest absolute Gasteiger partial charge is 0.329 e. The molecule has 248 valence electrons. The third-order valence-electron chi connectivity index (χ3n) is 7.35. The number of esters is 2. The van der Waals surface area contributed by atoms with E-state index >= 15 is 0 Å². The molecule has 2 unspecified atom stereocenters. The lowest BCUT2D eigenvalue weighted by Crippen LogP contribution is -2.51.